The van der Waals surface area contributed by atoms with Crippen molar-refractivity contribution in [3.05, 3.63) is 17.7 Å². The first-order valence-electron chi connectivity index (χ1n) is 6.42. The third-order valence-electron chi connectivity index (χ3n) is 3.43. The van der Waals surface area contributed by atoms with Crippen LogP contribution in [-0.2, 0) is 6.54 Å². The Morgan fingerprint density at radius 2 is 2.31 bits per heavy atom. The molecule has 0 radical (unpaired) electrons. The summed E-state index contributed by atoms with van der Waals surface area (Å²) in [4.78, 5) is 7.97. The summed E-state index contributed by atoms with van der Waals surface area (Å²) in [6.45, 7) is 7.56. The van der Waals surface area contributed by atoms with E-state index >= 15 is 0 Å². The molecular formula is C13H23N3. The van der Waals surface area contributed by atoms with Crippen LogP contribution in [0.1, 0.15) is 57.5 Å². The summed E-state index contributed by atoms with van der Waals surface area (Å²) in [7, 11) is 0. The molecule has 0 amide bonds. The van der Waals surface area contributed by atoms with E-state index in [0.29, 0.717) is 12.0 Å². The van der Waals surface area contributed by atoms with Crippen LogP contribution >= 0.6 is 0 Å². The van der Waals surface area contributed by atoms with Crippen molar-refractivity contribution in [1.29, 1.82) is 0 Å². The van der Waals surface area contributed by atoms with Crippen LogP contribution in [0, 0.1) is 5.92 Å². The second-order valence-electron chi connectivity index (χ2n) is 5.44. The molecule has 0 bridgehead atoms. The highest BCUT2D eigenvalue weighted by Crippen LogP contribution is 2.36. The lowest BCUT2D eigenvalue weighted by Crippen LogP contribution is -2.21. The molecule has 3 heteroatoms. The van der Waals surface area contributed by atoms with Crippen molar-refractivity contribution in [3.63, 3.8) is 0 Å². The van der Waals surface area contributed by atoms with E-state index in [1.165, 1.54) is 30.8 Å². The molecule has 16 heavy (non-hydrogen) atoms. The number of imidazole rings is 1. The van der Waals surface area contributed by atoms with Crippen LogP contribution in [0.5, 0.6) is 0 Å². The largest absolute Gasteiger partial charge is 0.345 e. The fourth-order valence-electron chi connectivity index (χ4n) is 2.44. The smallest absolute Gasteiger partial charge is 0.109 e. The highest BCUT2D eigenvalue weighted by atomic mass is 15.0. The molecule has 1 fully saturated rings. The Bertz CT molecular complexity index is 330. The van der Waals surface area contributed by atoms with E-state index in [1.807, 2.05) is 6.20 Å². The molecule has 1 aliphatic rings. The summed E-state index contributed by atoms with van der Waals surface area (Å²) < 4.78 is 0. The van der Waals surface area contributed by atoms with Gasteiger partial charge < -0.3 is 10.3 Å². The predicted molar refractivity (Wildman–Crippen MR) is 66.3 cm³/mol. The average Bonchev–Trinajstić information content (AvgIpc) is 2.83. The Labute approximate surface area is 98.1 Å². The van der Waals surface area contributed by atoms with Crippen molar-refractivity contribution in [2.75, 3.05) is 0 Å². The molecule has 2 N–H and O–H groups in total. The van der Waals surface area contributed by atoms with Crippen molar-refractivity contribution in [3.8, 4) is 0 Å². The van der Waals surface area contributed by atoms with Gasteiger partial charge >= 0.3 is 0 Å². The van der Waals surface area contributed by atoms with Crippen molar-refractivity contribution in [2.24, 2.45) is 5.92 Å². The Kier molecular flexibility index (Phi) is 3.64. The fourth-order valence-corrected chi connectivity index (χ4v) is 2.44. The van der Waals surface area contributed by atoms with E-state index in [9.17, 15) is 0 Å². The van der Waals surface area contributed by atoms with Gasteiger partial charge in [-0.15, -0.1) is 0 Å². The van der Waals surface area contributed by atoms with E-state index in [4.69, 9.17) is 0 Å². The molecule has 0 aliphatic heterocycles. The Hall–Kier alpha value is -0.830. The minimum Gasteiger partial charge on any atom is -0.345 e. The fraction of sp³-hybridized carbons (Fsp3) is 0.769. The van der Waals surface area contributed by atoms with Gasteiger partial charge in [-0.25, -0.2) is 4.98 Å². The number of rotatable bonds is 4. The van der Waals surface area contributed by atoms with E-state index in [0.717, 1.165) is 12.5 Å². The van der Waals surface area contributed by atoms with Crippen LogP contribution in [0.3, 0.4) is 0 Å². The second-order valence-corrected chi connectivity index (χ2v) is 5.44. The zero-order valence-corrected chi connectivity index (χ0v) is 10.6. The van der Waals surface area contributed by atoms with Crippen LogP contribution in [0.15, 0.2) is 6.20 Å². The van der Waals surface area contributed by atoms with Crippen LogP contribution < -0.4 is 5.32 Å². The van der Waals surface area contributed by atoms with Gasteiger partial charge in [0, 0.05) is 30.4 Å². The molecule has 2 rings (SSSR count). The maximum atomic E-state index is 4.52. The summed E-state index contributed by atoms with van der Waals surface area (Å²) in [5.74, 6) is 2.74. The van der Waals surface area contributed by atoms with Gasteiger partial charge in [-0.2, -0.15) is 0 Å². The number of hydrogen-bond acceptors (Lipinski definition) is 2. The van der Waals surface area contributed by atoms with Crippen LogP contribution in [-0.4, -0.2) is 16.0 Å². The lowest BCUT2D eigenvalue weighted by molar-refractivity contribution is 0.575. The van der Waals surface area contributed by atoms with Gasteiger partial charge in [-0.1, -0.05) is 20.8 Å². The molecule has 1 aromatic heterocycles. The van der Waals surface area contributed by atoms with Gasteiger partial charge in [-0.05, 0) is 25.2 Å². The zero-order chi connectivity index (χ0) is 11.5. The van der Waals surface area contributed by atoms with Gasteiger partial charge in [0.05, 0.1) is 0 Å². The maximum absolute atomic E-state index is 4.52. The topological polar surface area (TPSA) is 40.7 Å². The molecule has 2 unspecified atom stereocenters. The quantitative estimate of drug-likeness (QED) is 0.821. The zero-order valence-electron chi connectivity index (χ0n) is 10.6. The van der Waals surface area contributed by atoms with Gasteiger partial charge in [0.1, 0.15) is 5.82 Å². The van der Waals surface area contributed by atoms with Crippen molar-refractivity contribution in [2.45, 2.75) is 58.5 Å². The van der Waals surface area contributed by atoms with E-state index in [-0.39, 0.29) is 0 Å². The first-order valence-corrected chi connectivity index (χ1v) is 6.42. The first-order chi connectivity index (χ1) is 7.65. The average molecular weight is 221 g/mol. The minimum absolute atomic E-state index is 0.526. The molecule has 1 aliphatic carbocycles. The molecule has 1 heterocycles. The minimum atomic E-state index is 0.526. The van der Waals surface area contributed by atoms with Gasteiger partial charge in [0.15, 0.2) is 0 Å². The maximum Gasteiger partial charge on any atom is 0.109 e. The van der Waals surface area contributed by atoms with Crippen molar-refractivity contribution >= 4 is 0 Å². The Balaban J connectivity index is 1.91. The number of hydrogen-bond donors (Lipinski definition) is 2. The van der Waals surface area contributed by atoms with Crippen molar-refractivity contribution in [1.82, 2.24) is 15.3 Å². The molecule has 3 nitrogen and oxygen atoms in total. The third-order valence-corrected chi connectivity index (χ3v) is 3.43. The molecule has 0 aromatic carbocycles. The van der Waals surface area contributed by atoms with Gasteiger partial charge in [0.25, 0.3) is 0 Å². The second kappa shape index (κ2) is 5.00. The lowest BCUT2D eigenvalue weighted by atomic mass is 10.1. The third kappa shape index (κ3) is 2.85. The van der Waals surface area contributed by atoms with E-state index < -0.39 is 0 Å². The molecule has 1 aromatic rings. The SMILES string of the molecule is CC1CCC(c2ncc(CNC(C)C)[nH]2)C1. The van der Waals surface area contributed by atoms with Gasteiger partial charge in [-0.3, -0.25) is 0 Å². The molecule has 0 spiro atoms. The number of nitrogens with one attached hydrogen (secondary N) is 2. The number of aromatic amines is 1. The van der Waals surface area contributed by atoms with Crippen molar-refractivity contribution < 1.29 is 0 Å². The monoisotopic (exact) mass is 221 g/mol. The van der Waals surface area contributed by atoms with Gasteiger partial charge in [0.2, 0.25) is 0 Å². The molecule has 2 atom stereocenters. The first kappa shape index (κ1) is 11.6. The summed E-state index contributed by atoms with van der Waals surface area (Å²) in [6.07, 6.45) is 5.93. The van der Waals surface area contributed by atoms with E-state index in [1.54, 1.807) is 0 Å². The highest BCUT2D eigenvalue weighted by Gasteiger charge is 2.24. The summed E-state index contributed by atoms with van der Waals surface area (Å²) in [5.41, 5.74) is 1.21. The molecule has 1 saturated carbocycles. The van der Waals surface area contributed by atoms with Crippen LogP contribution in [0.2, 0.25) is 0 Å². The molecular weight excluding hydrogens is 198 g/mol. The van der Waals surface area contributed by atoms with Crippen LogP contribution in [0.25, 0.3) is 0 Å². The summed E-state index contributed by atoms with van der Waals surface area (Å²) >= 11 is 0. The molecule has 0 saturated heterocycles. The lowest BCUT2D eigenvalue weighted by Gasteiger charge is -2.07. The number of nitrogens with zero attached hydrogens (tertiary/aromatic N) is 1. The normalized spacial score (nSPS) is 25.5. The Morgan fingerprint density at radius 1 is 1.50 bits per heavy atom. The number of H-pyrrole nitrogens is 1. The standard InChI is InChI=1S/C13H23N3/c1-9(2)14-7-12-8-15-13(16-12)11-5-4-10(3)6-11/h8-11,14H,4-7H2,1-3H3,(H,15,16). The predicted octanol–water partition coefficient (Wildman–Crippen LogP) is 2.81. The summed E-state index contributed by atoms with van der Waals surface area (Å²) in [5, 5.41) is 3.40. The number of aromatic nitrogens is 2. The Morgan fingerprint density at radius 3 is 2.94 bits per heavy atom. The summed E-state index contributed by atoms with van der Waals surface area (Å²) in [6, 6.07) is 0.526. The highest BCUT2D eigenvalue weighted by molar-refractivity contribution is 5.07. The van der Waals surface area contributed by atoms with E-state index in [2.05, 4.69) is 36.1 Å². The molecule has 90 valence electrons. The van der Waals surface area contributed by atoms with Crippen LogP contribution in [0.4, 0.5) is 0 Å².